The molecule has 4 heterocycles. The Hall–Kier alpha value is -2.90. The number of nitrogens with one attached hydrogen (secondary N) is 1. The molecule has 31 heavy (non-hydrogen) atoms. The van der Waals surface area contributed by atoms with E-state index >= 15 is 0 Å². The fourth-order valence-electron chi connectivity index (χ4n) is 6.18. The molecule has 4 atom stereocenters. The van der Waals surface area contributed by atoms with Crippen LogP contribution in [0.25, 0.3) is 0 Å². The molecule has 1 spiro atoms. The van der Waals surface area contributed by atoms with Gasteiger partial charge in [-0.25, -0.2) is 4.90 Å². The van der Waals surface area contributed by atoms with Crippen LogP contribution in [0.3, 0.4) is 0 Å². The van der Waals surface area contributed by atoms with Gasteiger partial charge in [0.15, 0.2) is 0 Å². The molecule has 3 amide bonds. The first-order valence-corrected chi connectivity index (χ1v) is 10.8. The van der Waals surface area contributed by atoms with Gasteiger partial charge < -0.3 is 10.1 Å². The minimum absolute atomic E-state index is 0.159. The van der Waals surface area contributed by atoms with Gasteiger partial charge >= 0.3 is 0 Å². The molecule has 0 aliphatic carbocycles. The Balaban J connectivity index is 1.56. The van der Waals surface area contributed by atoms with Crippen molar-refractivity contribution in [3.05, 3.63) is 53.1 Å². The number of halogens is 1. The Morgan fingerprint density at radius 3 is 2.74 bits per heavy atom. The minimum Gasteiger partial charge on any atom is -0.497 e. The van der Waals surface area contributed by atoms with Gasteiger partial charge in [0.1, 0.15) is 11.3 Å². The lowest BCUT2D eigenvalue weighted by Crippen LogP contribution is -2.54. The fourth-order valence-corrected chi connectivity index (χ4v) is 6.36. The highest BCUT2D eigenvalue weighted by molar-refractivity contribution is 6.31. The second kappa shape index (κ2) is 6.31. The normalized spacial score (nSPS) is 31.2. The van der Waals surface area contributed by atoms with Gasteiger partial charge in [-0.1, -0.05) is 17.7 Å². The van der Waals surface area contributed by atoms with Crippen molar-refractivity contribution in [2.24, 2.45) is 11.8 Å². The van der Waals surface area contributed by atoms with Crippen LogP contribution in [0.1, 0.15) is 18.4 Å². The predicted molar refractivity (Wildman–Crippen MR) is 114 cm³/mol. The standard InChI is InChI=1S/C23H20ClN3O4/c1-31-14-7-8-16-15(11-14)23(22(30)25-16)19-18(17-6-3-9-26(17)23)20(28)27(21(19)29)13-5-2-4-12(24)10-13/h2,4-5,7-8,10-11,17-19H,3,6,9H2,1H3,(H,25,30)/t17-,18+,19+,23-/m1/s1. The van der Waals surface area contributed by atoms with E-state index in [1.807, 2.05) is 6.07 Å². The molecule has 4 aliphatic rings. The monoisotopic (exact) mass is 437 g/mol. The largest absolute Gasteiger partial charge is 0.497 e. The Bertz CT molecular complexity index is 1170. The molecule has 4 aliphatic heterocycles. The Morgan fingerprint density at radius 2 is 1.97 bits per heavy atom. The van der Waals surface area contributed by atoms with Crippen LogP contribution in [0.5, 0.6) is 5.75 Å². The van der Waals surface area contributed by atoms with Crippen molar-refractivity contribution in [2.45, 2.75) is 24.4 Å². The van der Waals surface area contributed by atoms with Crippen molar-refractivity contribution in [1.82, 2.24) is 4.90 Å². The number of benzene rings is 2. The summed E-state index contributed by atoms with van der Waals surface area (Å²) in [6, 6.07) is 12.0. The Kier molecular flexibility index (Phi) is 3.83. The van der Waals surface area contributed by atoms with Gasteiger partial charge in [-0.2, -0.15) is 0 Å². The van der Waals surface area contributed by atoms with Crippen molar-refractivity contribution < 1.29 is 19.1 Å². The minimum atomic E-state index is -1.21. The summed E-state index contributed by atoms with van der Waals surface area (Å²) in [5.74, 6) is -1.61. The molecule has 0 saturated carbocycles. The number of imide groups is 1. The van der Waals surface area contributed by atoms with E-state index in [-0.39, 0.29) is 23.8 Å². The second-order valence-electron chi connectivity index (χ2n) is 8.53. The van der Waals surface area contributed by atoms with E-state index < -0.39 is 17.4 Å². The van der Waals surface area contributed by atoms with Gasteiger partial charge in [-0.3, -0.25) is 19.3 Å². The lowest BCUT2D eigenvalue weighted by Gasteiger charge is -2.36. The lowest BCUT2D eigenvalue weighted by molar-refractivity contribution is -0.135. The molecular formula is C23H20ClN3O4. The number of hydrogen-bond donors (Lipinski definition) is 1. The molecule has 3 saturated heterocycles. The van der Waals surface area contributed by atoms with Crippen LogP contribution >= 0.6 is 11.6 Å². The first-order valence-electron chi connectivity index (χ1n) is 10.4. The smallest absolute Gasteiger partial charge is 0.250 e. The number of ether oxygens (including phenoxy) is 1. The molecule has 8 heteroatoms. The molecule has 1 N–H and O–H groups in total. The van der Waals surface area contributed by atoms with E-state index in [2.05, 4.69) is 10.2 Å². The number of amides is 3. The molecule has 0 radical (unpaired) electrons. The van der Waals surface area contributed by atoms with Crippen LogP contribution in [0.15, 0.2) is 42.5 Å². The summed E-state index contributed by atoms with van der Waals surface area (Å²) in [5.41, 5.74) is 0.611. The molecule has 3 fully saturated rings. The van der Waals surface area contributed by atoms with Crippen molar-refractivity contribution in [2.75, 3.05) is 23.9 Å². The maximum atomic E-state index is 13.8. The quantitative estimate of drug-likeness (QED) is 0.731. The van der Waals surface area contributed by atoms with Crippen LogP contribution in [-0.4, -0.2) is 42.3 Å². The third-order valence-electron chi connectivity index (χ3n) is 7.27. The van der Waals surface area contributed by atoms with Crippen LogP contribution in [0, 0.1) is 11.8 Å². The summed E-state index contributed by atoms with van der Waals surface area (Å²) < 4.78 is 5.42. The first-order chi connectivity index (χ1) is 15.0. The van der Waals surface area contributed by atoms with E-state index in [1.165, 1.54) is 4.90 Å². The van der Waals surface area contributed by atoms with Gasteiger partial charge in [-0.05, 0) is 55.8 Å². The van der Waals surface area contributed by atoms with E-state index in [1.54, 1.807) is 43.5 Å². The highest BCUT2D eigenvalue weighted by Gasteiger charge is 2.74. The van der Waals surface area contributed by atoms with E-state index in [0.717, 1.165) is 12.8 Å². The van der Waals surface area contributed by atoms with Gasteiger partial charge in [0.05, 0.1) is 24.6 Å². The first kappa shape index (κ1) is 18.8. The summed E-state index contributed by atoms with van der Waals surface area (Å²) in [7, 11) is 1.57. The number of hydrogen-bond acceptors (Lipinski definition) is 5. The van der Waals surface area contributed by atoms with Crippen molar-refractivity contribution in [3.8, 4) is 5.75 Å². The van der Waals surface area contributed by atoms with Gasteiger partial charge in [-0.15, -0.1) is 0 Å². The fraction of sp³-hybridized carbons (Fsp3) is 0.348. The maximum Gasteiger partial charge on any atom is 0.250 e. The van der Waals surface area contributed by atoms with Crippen LogP contribution in [-0.2, 0) is 19.9 Å². The summed E-state index contributed by atoms with van der Waals surface area (Å²) in [6.07, 6.45) is 1.65. The molecule has 0 unspecified atom stereocenters. The van der Waals surface area contributed by atoms with Gasteiger partial charge in [0.2, 0.25) is 17.7 Å². The van der Waals surface area contributed by atoms with E-state index in [9.17, 15) is 14.4 Å². The maximum absolute atomic E-state index is 13.8. The number of nitrogens with zero attached hydrogens (tertiary/aromatic N) is 2. The van der Waals surface area contributed by atoms with Crippen molar-refractivity contribution in [3.63, 3.8) is 0 Å². The van der Waals surface area contributed by atoms with Crippen molar-refractivity contribution >= 4 is 40.7 Å². The average molecular weight is 438 g/mol. The zero-order valence-electron chi connectivity index (χ0n) is 16.8. The Labute approximate surface area is 183 Å². The summed E-state index contributed by atoms with van der Waals surface area (Å²) in [6.45, 7) is 0.666. The molecule has 7 nitrogen and oxygen atoms in total. The van der Waals surface area contributed by atoms with Gasteiger partial charge in [0.25, 0.3) is 0 Å². The highest BCUT2D eigenvalue weighted by Crippen LogP contribution is 2.61. The van der Waals surface area contributed by atoms with Crippen molar-refractivity contribution in [1.29, 1.82) is 0 Å². The number of carbonyl (C=O) groups excluding carboxylic acids is 3. The highest BCUT2D eigenvalue weighted by atomic mass is 35.5. The van der Waals surface area contributed by atoms with Crippen LogP contribution < -0.4 is 15.0 Å². The molecule has 0 aromatic heterocycles. The summed E-state index contributed by atoms with van der Waals surface area (Å²) in [5, 5.41) is 3.41. The van der Waals surface area contributed by atoms with Crippen LogP contribution in [0.4, 0.5) is 11.4 Å². The second-order valence-corrected chi connectivity index (χ2v) is 8.97. The molecule has 2 aromatic carbocycles. The molecular weight excluding hydrogens is 418 g/mol. The SMILES string of the molecule is COc1ccc2c(c1)[C@]1(C(=O)N2)[C@@H]2C(=O)N(c3cccc(Cl)c3)C(=O)[C@H]2[C@H]2CCCN21. The van der Waals surface area contributed by atoms with Gasteiger partial charge in [0, 0.05) is 22.3 Å². The lowest BCUT2D eigenvalue weighted by atomic mass is 9.75. The topological polar surface area (TPSA) is 79.0 Å². The number of methoxy groups -OCH3 is 1. The number of anilines is 2. The van der Waals surface area contributed by atoms with E-state index in [0.29, 0.717) is 34.3 Å². The average Bonchev–Trinajstić information content (AvgIpc) is 3.46. The molecule has 158 valence electrons. The van der Waals surface area contributed by atoms with E-state index in [4.69, 9.17) is 16.3 Å². The number of fused-ring (bicyclic) bond motifs is 7. The molecule has 2 aromatic rings. The molecule has 6 rings (SSSR count). The number of rotatable bonds is 2. The summed E-state index contributed by atoms with van der Waals surface area (Å²) >= 11 is 6.14. The summed E-state index contributed by atoms with van der Waals surface area (Å²) in [4.78, 5) is 44.4. The zero-order valence-corrected chi connectivity index (χ0v) is 17.6. The zero-order chi connectivity index (χ0) is 21.5. The molecule has 0 bridgehead atoms. The number of carbonyl (C=O) groups is 3. The predicted octanol–water partition coefficient (Wildman–Crippen LogP) is 2.78. The van der Waals surface area contributed by atoms with Crippen LogP contribution in [0.2, 0.25) is 5.02 Å². The third-order valence-corrected chi connectivity index (χ3v) is 7.50. The Morgan fingerprint density at radius 1 is 1.13 bits per heavy atom. The third kappa shape index (κ3) is 2.20.